The van der Waals surface area contributed by atoms with Gasteiger partial charge in [-0.1, -0.05) is 13.8 Å². The summed E-state index contributed by atoms with van der Waals surface area (Å²) < 4.78 is 37.9. The number of ether oxygens (including phenoxy) is 2. The molecule has 0 amide bonds. The highest BCUT2D eigenvalue weighted by Crippen LogP contribution is 2.29. The Morgan fingerprint density at radius 1 is 1.12 bits per heavy atom. The van der Waals surface area contributed by atoms with E-state index in [1.165, 1.54) is 26.4 Å². The van der Waals surface area contributed by atoms with Gasteiger partial charge in [-0.15, -0.1) is 0 Å². The number of anilines is 2. The summed E-state index contributed by atoms with van der Waals surface area (Å²) in [5.41, 5.74) is 0.832. The van der Waals surface area contributed by atoms with Crippen LogP contribution in [0.25, 0.3) is 0 Å². The van der Waals surface area contributed by atoms with Crippen LogP contribution in [0.3, 0.4) is 0 Å². The molecule has 0 saturated carbocycles. The molecule has 1 heterocycles. The molecule has 0 aliphatic rings. The monoisotopic (exact) mass is 365 g/mol. The predicted octanol–water partition coefficient (Wildman–Crippen LogP) is 2.97. The van der Waals surface area contributed by atoms with Gasteiger partial charge in [0.15, 0.2) is 0 Å². The van der Waals surface area contributed by atoms with Crippen LogP contribution in [-0.2, 0) is 10.0 Å². The molecule has 0 spiro atoms. The highest BCUT2D eigenvalue weighted by Gasteiger charge is 2.20. The Hall–Kier alpha value is -2.48. The summed E-state index contributed by atoms with van der Waals surface area (Å²) in [7, 11) is -0.929. The van der Waals surface area contributed by atoms with E-state index in [2.05, 4.69) is 28.9 Å². The lowest BCUT2D eigenvalue weighted by Gasteiger charge is -2.13. The van der Waals surface area contributed by atoms with E-state index in [1.54, 1.807) is 24.4 Å². The number of aromatic nitrogens is 1. The summed E-state index contributed by atoms with van der Waals surface area (Å²) >= 11 is 0. The number of methoxy groups -OCH3 is 2. The summed E-state index contributed by atoms with van der Waals surface area (Å²) in [4.78, 5) is 4.15. The van der Waals surface area contributed by atoms with Crippen LogP contribution < -0.4 is 19.5 Å². The molecule has 0 fully saturated rings. The second kappa shape index (κ2) is 8.06. The zero-order valence-corrected chi connectivity index (χ0v) is 15.6. The van der Waals surface area contributed by atoms with Gasteiger partial charge in [0.2, 0.25) is 0 Å². The normalized spacial score (nSPS) is 11.2. The standard InChI is InChI=1S/C17H23N3O4S/c1-12(2)10-18-13-5-8-17(19-11-13)20-25(21,22)16-7-6-14(23-3)9-15(16)24-4/h5-9,11-12,18H,10H2,1-4H3,(H,19,20). The van der Waals surface area contributed by atoms with Gasteiger partial charge in [0.05, 0.1) is 26.1 Å². The van der Waals surface area contributed by atoms with Crippen molar-refractivity contribution in [3.05, 3.63) is 36.5 Å². The van der Waals surface area contributed by atoms with Crippen molar-refractivity contribution >= 4 is 21.5 Å². The van der Waals surface area contributed by atoms with Crippen molar-refractivity contribution in [1.82, 2.24) is 4.98 Å². The quantitative estimate of drug-likeness (QED) is 0.747. The average molecular weight is 365 g/mol. The lowest BCUT2D eigenvalue weighted by atomic mass is 10.2. The molecule has 1 aromatic heterocycles. The number of hydrogen-bond acceptors (Lipinski definition) is 6. The summed E-state index contributed by atoms with van der Waals surface area (Å²) in [5.74, 6) is 1.44. The van der Waals surface area contributed by atoms with Gasteiger partial charge < -0.3 is 14.8 Å². The third kappa shape index (κ3) is 4.99. The first-order valence-electron chi connectivity index (χ1n) is 7.80. The van der Waals surface area contributed by atoms with E-state index in [-0.39, 0.29) is 16.5 Å². The number of benzene rings is 1. The van der Waals surface area contributed by atoms with E-state index in [4.69, 9.17) is 9.47 Å². The fraction of sp³-hybridized carbons (Fsp3) is 0.353. The highest BCUT2D eigenvalue weighted by atomic mass is 32.2. The van der Waals surface area contributed by atoms with Crippen molar-refractivity contribution in [2.24, 2.45) is 5.92 Å². The number of sulfonamides is 1. The van der Waals surface area contributed by atoms with Crippen LogP contribution in [0.1, 0.15) is 13.8 Å². The van der Waals surface area contributed by atoms with Crippen LogP contribution in [0, 0.1) is 5.92 Å². The van der Waals surface area contributed by atoms with Gasteiger partial charge in [0.1, 0.15) is 22.2 Å². The van der Waals surface area contributed by atoms with Crippen LogP contribution >= 0.6 is 0 Å². The Morgan fingerprint density at radius 3 is 2.44 bits per heavy atom. The molecule has 2 aromatic rings. The molecule has 136 valence electrons. The molecule has 0 aliphatic heterocycles. The first kappa shape index (κ1) is 18.9. The van der Waals surface area contributed by atoms with E-state index in [0.29, 0.717) is 11.7 Å². The molecular formula is C17H23N3O4S. The summed E-state index contributed by atoms with van der Waals surface area (Å²) in [6.07, 6.45) is 1.59. The van der Waals surface area contributed by atoms with Crippen LogP contribution in [0.4, 0.5) is 11.5 Å². The lowest BCUT2D eigenvalue weighted by Crippen LogP contribution is -2.15. The maximum atomic E-state index is 12.6. The Labute approximate surface area is 148 Å². The fourth-order valence-electron chi connectivity index (χ4n) is 2.07. The number of hydrogen-bond donors (Lipinski definition) is 2. The molecule has 0 bridgehead atoms. The molecule has 0 atom stereocenters. The Kier molecular flexibility index (Phi) is 6.08. The average Bonchev–Trinajstić information content (AvgIpc) is 2.60. The topological polar surface area (TPSA) is 89.6 Å². The summed E-state index contributed by atoms with van der Waals surface area (Å²) in [5, 5.41) is 3.22. The molecule has 0 aliphatic carbocycles. The Bertz CT molecular complexity index is 805. The predicted molar refractivity (Wildman–Crippen MR) is 97.9 cm³/mol. The maximum absolute atomic E-state index is 12.6. The Balaban J connectivity index is 2.18. The highest BCUT2D eigenvalue weighted by molar-refractivity contribution is 7.92. The van der Waals surface area contributed by atoms with Gasteiger partial charge in [0.25, 0.3) is 10.0 Å². The number of nitrogens with zero attached hydrogens (tertiary/aromatic N) is 1. The van der Waals surface area contributed by atoms with Gasteiger partial charge in [-0.3, -0.25) is 4.72 Å². The van der Waals surface area contributed by atoms with E-state index in [1.807, 2.05) is 0 Å². The van der Waals surface area contributed by atoms with Crippen molar-refractivity contribution in [1.29, 1.82) is 0 Å². The number of rotatable bonds is 8. The third-order valence-corrected chi connectivity index (χ3v) is 4.77. The van der Waals surface area contributed by atoms with Gasteiger partial charge in [-0.25, -0.2) is 13.4 Å². The van der Waals surface area contributed by atoms with Crippen molar-refractivity contribution in [2.45, 2.75) is 18.7 Å². The number of nitrogens with one attached hydrogen (secondary N) is 2. The molecule has 2 N–H and O–H groups in total. The van der Waals surface area contributed by atoms with Crippen LogP contribution in [0.5, 0.6) is 11.5 Å². The van der Waals surface area contributed by atoms with E-state index in [0.717, 1.165) is 12.2 Å². The van der Waals surface area contributed by atoms with Gasteiger partial charge >= 0.3 is 0 Å². The van der Waals surface area contributed by atoms with Gasteiger partial charge in [-0.05, 0) is 30.2 Å². The van der Waals surface area contributed by atoms with Crippen molar-refractivity contribution in [3.63, 3.8) is 0 Å². The van der Waals surface area contributed by atoms with Crippen molar-refractivity contribution < 1.29 is 17.9 Å². The van der Waals surface area contributed by atoms with E-state index < -0.39 is 10.0 Å². The van der Waals surface area contributed by atoms with Crippen LogP contribution in [0.15, 0.2) is 41.4 Å². The fourth-order valence-corrected chi connectivity index (χ4v) is 3.23. The smallest absolute Gasteiger partial charge is 0.266 e. The second-order valence-corrected chi connectivity index (χ2v) is 7.48. The zero-order valence-electron chi connectivity index (χ0n) is 14.7. The van der Waals surface area contributed by atoms with Crippen LogP contribution in [-0.4, -0.2) is 34.2 Å². The molecule has 1 aromatic carbocycles. The molecule has 8 heteroatoms. The first-order valence-corrected chi connectivity index (χ1v) is 9.29. The molecule has 25 heavy (non-hydrogen) atoms. The summed E-state index contributed by atoms with van der Waals surface area (Å²) in [6.45, 7) is 5.02. The summed E-state index contributed by atoms with van der Waals surface area (Å²) in [6, 6.07) is 7.89. The zero-order chi connectivity index (χ0) is 18.4. The Morgan fingerprint density at radius 2 is 1.88 bits per heavy atom. The second-order valence-electron chi connectivity index (χ2n) is 5.83. The van der Waals surface area contributed by atoms with Gasteiger partial charge in [-0.2, -0.15) is 0 Å². The molecule has 0 radical (unpaired) electrons. The maximum Gasteiger partial charge on any atom is 0.266 e. The molecule has 0 unspecified atom stereocenters. The first-order chi connectivity index (χ1) is 11.9. The van der Waals surface area contributed by atoms with Crippen molar-refractivity contribution in [3.8, 4) is 11.5 Å². The minimum absolute atomic E-state index is 0.0135. The third-order valence-electron chi connectivity index (χ3n) is 3.38. The van der Waals surface area contributed by atoms with E-state index in [9.17, 15) is 8.42 Å². The molecule has 2 rings (SSSR count). The number of pyridine rings is 1. The molecular weight excluding hydrogens is 342 g/mol. The SMILES string of the molecule is COc1ccc(S(=O)(=O)Nc2ccc(NCC(C)C)cn2)c(OC)c1. The van der Waals surface area contributed by atoms with Crippen LogP contribution in [0.2, 0.25) is 0 Å². The molecule has 0 saturated heterocycles. The van der Waals surface area contributed by atoms with Gasteiger partial charge in [0, 0.05) is 12.6 Å². The minimum atomic E-state index is -3.83. The molecule has 7 nitrogen and oxygen atoms in total. The van der Waals surface area contributed by atoms with Crippen molar-refractivity contribution in [2.75, 3.05) is 30.8 Å². The lowest BCUT2D eigenvalue weighted by molar-refractivity contribution is 0.386. The van der Waals surface area contributed by atoms with E-state index >= 15 is 0 Å². The largest absolute Gasteiger partial charge is 0.497 e. The minimum Gasteiger partial charge on any atom is -0.497 e.